The SMILES string of the molecule is COC[C@H]1CN(c2ccc3c(=O)n4c(nc3c2)OCC4Cc2ccc(S(N)(=O)=O)cc2C)CCO1. The molecule has 0 amide bonds. The van der Waals surface area contributed by atoms with Crippen LogP contribution in [0.1, 0.15) is 17.2 Å². The molecular weight excluding hydrogens is 472 g/mol. The van der Waals surface area contributed by atoms with E-state index in [1.54, 1.807) is 23.8 Å². The first kappa shape index (κ1) is 23.7. The zero-order valence-electron chi connectivity index (χ0n) is 19.6. The van der Waals surface area contributed by atoms with Crippen molar-refractivity contribution in [3.8, 4) is 6.01 Å². The zero-order chi connectivity index (χ0) is 24.7. The number of methoxy groups -OCH3 is 1. The third-order valence-corrected chi connectivity index (χ3v) is 7.49. The Bertz CT molecular complexity index is 1440. The second-order valence-corrected chi connectivity index (χ2v) is 10.5. The molecule has 3 aromatic rings. The van der Waals surface area contributed by atoms with E-state index < -0.39 is 10.0 Å². The minimum Gasteiger partial charge on any atom is -0.462 e. The minimum absolute atomic E-state index is 0.00498. The lowest BCUT2D eigenvalue weighted by Crippen LogP contribution is -2.44. The fraction of sp³-hybridized carbons (Fsp3) is 0.417. The van der Waals surface area contributed by atoms with Crippen molar-refractivity contribution in [3.63, 3.8) is 0 Å². The summed E-state index contributed by atoms with van der Waals surface area (Å²) in [6.07, 6.45) is 0.499. The van der Waals surface area contributed by atoms with Gasteiger partial charge in [0.15, 0.2) is 0 Å². The summed E-state index contributed by atoms with van der Waals surface area (Å²) in [7, 11) is -2.12. The summed E-state index contributed by atoms with van der Waals surface area (Å²) in [5.74, 6) is 0. The predicted octanol–water partition coefficient (Wildman–Crippen LogP) is 1.38. The van der Waals surface area contributed by atoms with Crippen molar-refractivity contribution in [2.45, 2.75) is 30.4 Å². The normalized spacial score (nSPS) is 20.1. The topological polar surface area (TPSA) is 126 Å². The van der Waals surface area contributed by atoms with Gasteiger partial charge in [-0.2, -0.15) is 4.98 Å². The maximum Gasteiger partial charge on any atom is 0.300 e. The molecule has 1 fully saturated rings. The van der Waals surface area contributed by atoms with Crippen LogP contribution in [0.15, 0.2) is 46.1 Å². The molecule has 5 rings (SSSR count). The molecule has 0 aliphatic carbocycles. The highest BCUT2D eigenvalue weighted by atomic mass is 32.2. The predicted molar refractivity (Wildman–Crippen MR) is 131 cm³/mol. The van der Waals surface area contributed by atoms with E-state index in [2.05, 4.69) is 9.88 Å². The average molecular weight is 501 g/mol. The third kappa shape index (κ3) is 4.64. The van der Waals surface area contributed by atoms with Crippen molar-refractivity contribution >= 4 is 26.6 Å². The van der Waals surface area contributed by atoms with Gasteiger partial charge in [0.25, 0.3) is 11.6 Å². The number of fused-ring (bicyclic) bond motifs is 2. The molecule has 2 atom stereocenters. The molecule has 0 spiro atoms. The summed E-state index contributed by atoms with van der Waals surface area (Å²) in [4.78, 5) is 20.3. The number of anilines is 1. The van der Waals surface area contributed by atoms with E-state index in [0.29, 0.717) is 49.7 Å². The van der Waals surface area contributed by atoms with Gasteiger partial charge in [0.2, 0.25) is 10.0 Å². The van der Waals surface area contributed by atoms with Gasteiger partial charge in [-0.15, -0.1) is 0 Å². The Morgan fingerprint density at radius 3 is 2.80 bits per heavy atom. The number of hydrogen-bond acceptors (Lipinski definition) is 8. The van der Waals surface area contributed by atoms with Crippen LogP contribution in [-0.2, 0) is 25.9 Å². The van der Waals surface area contributed by atoms with E-state index in [1.807, 2.05) is 25.1 Å². The molecule has 1 aromatic heterocycles. The number of primary sulfonamides is 1. The van der Waals surface area contributed by atoms with Crippen LogP contribution in [0.4, 0.5) is 5.69 Å². The number of nitrogens with two attached hydrogens (primary N) is 1. The number of hydrogen-bond donors (Lipinski definition) is 1. The van der Waals surface area contributed by atoms with Gasteiger partial charge < -0.3 is 19.1 Å². The highest BCUT2D eigenvalue weighted by Gasteiger charge is 2.29. The number of aromatic nitrogens is 2. The smallest absolute Gasteiger partial charge is 0.300 e. The van der Waals surface area contributed by atoms with Crippen LogP contribution in [0.25, 0.3) is 10.9 Å². The Balaban J connectivity index is 1.43. The molecular formula is C24H28N4O6S. The standard InChI is InChI=1S/C24H28N4O6S/c1-15-9-20(35(25,30)31)5-3-16(15)10-18-13-34-24-26-22-11-17(4-6-21(22)23(29)28(18)24)27-7-8-33-19(12-27)14-32-2/h3-6,9,11,18-19H,7-8,10,12-14H2,1-2H3,(H2,25,30,31)/t18?,19-/m1/s1. The van der Waals surface area contributed by atoms with Gasteiger partial charge in [-0.1, -0.05) is 6.07 Å². The van der Waals surface area contributed by atoms with Crippen molar-refractivity contribution < 1.29 is 22.6 Å². The third-order valence-electron chi connectivity index (χ3n) is 6.58. The minimum atomic E-state index is -3.77. The van der Waals surface area contributed by atoms with Crippen molar-refractivity contribution in [1.29, 1.82) is 0 Å². The summed E-state index contributed by atoms with van der Waals surface area (Å²) in [6, 6.07) is 10.5. The van der Waals surface area contributed by atoms with Crippen LogP contribution in [0.5, 0.6) is 6.01 Å². The average Bonchev–Trinajstić information content (AvgIpc) is 3.22. The number of morpholine rings is 1. The molecule has 0 bridgehead atoms. The second-order valence-electron chi connectivity index (χ2n) is 8.97. The van der Waals surface area contributed by atoms with E-state index >= 15 is 0 Å². The molecule has 1 unspecified atom stereocenters. The molecule has 2 aliphatic heterocycles. The molecule has 2 aromatic carbocycles. The van der Waals surface area contributed by atoms with E-state index in [1.165, 1.54) is 6.07 Å². The first-order chi connectivity index (χ1) is 16.7. The lowest BCUT2D eigenvalue weighted by molar-refractivity contribution is -0.0100. The van der Waals surface area contributed by atoms with Crippen LogP contribution in [0.3, 0.4) is 0 Å². The Labute approximate surface area is 203 Å². The monoisotopic (exact) mass is 500 g/mol. The lowest BCUT2D eigenvalue weighted by Gasteiger charge is -2.34. The quantitative estimate of drug-likeness (QED) is 0.538. The van der Waals surface area contributed by atoms with E-state index in [0.717, 1.165) is 23.4 Å². The summed E-state index contributed by atoms with van der Waals surface area (Å²) in [6.45, 7) is 4.71. The Morgan fingerprint density at radius 2 is 2.06 bits per heavy atom. The molecule has 0 saturated carbocycles. The summed E-state index contributed by atoms with van der Waals surface area (Å²) in [5, 5.41) is 5.76. The lowest BCUT2D eigenvalue weighted by atomic mass is 10.0. The van der Waals surface area contributed by atoms with Gasteiger partial charge in [0, 0.05) is 25.9 Å². The maximum absolute atomic E-state index is 13.4. The van der Waals surface area contributed by atoms with E-state index in [4.69, 9.17) is 19.3 Å². The van der Waals surface area contributed by atoms with Crippen LogP contribution in [0.2, 0.25) is 0 Å². The van der Waals surface area contributed by atoms with Crippen molar-refractivity contribution in [2.75, 3.05) is 44.9 Å². The van der Waals surface area contributed by atoms with Crippen LogP contribution >= 0.6 is 0 Å². The maximum atomic E-state index is 13.4. The molecule has 2 N–H and O–H groups in total. The van der Waals surface area contributed by atoms with Crippen molar-refractivity contribution in [2.24, 2.45) is 5.14 Å². The van der Waals surface area contributed by atoms with Crippen molar-refractivity contribution in [1.82, 2.24) is 9.55 Å². The van der Waals surface area contributed by atoms with Crippen molar-refractivity contribution in [3.05, 3.63) is 57.9 Å². The van der Waals surface area contributed by atoms with Crippen LogP contribution in [0, 0.1) is 6.92 Å². The van der Waals surface area contributed by atoms with E-state index in [-0.39, 0.29) is 22.6 Å². The van der Waals surface area contributed by atoms with Gasteiger partial charge in [-0.05, 0) is 54.8 Å². The largest absolute Gasteiger partial charge is 0.462 e. The van der Waals surface area contributed by atoms with Gasteiger partial charge in [-0.3, -0.25) is 9.36 Å². The first-order valence-electron chi connectivity index (χ1n) is 11.4. The van der Waals surface area contributed by atoms with Crippen LogP contribution < -0.4 is 20.3 Å². The number of nitrogens with zero attached hydrogens (tertiary/aromatic N) is 3. The molecule has 186 valence electrons. The fourth-order valence-electron chi connectivity index (χ4n) is 4.75. The number of ether oxygens (including phenoxy) is 3. The Kier molecular flexibility index (Phi) is 6.26. The molecule has 1 saturated heterocycles. The number of aryl methyl sites for hydroxylation is 1. The molecule has 3 heterocycles. The number of benzene rings is 2. The highest BCUT2D eigenvalue weighted by molar-refractivity contribution is 7.89. The summed E-state index contributed by atoms with van der Waals surface area (Å²) < 4.78 is 41.6. The highest BCUT2D eigenvalue weighted by Crippen LogP contribution is 2.30. The molecule has 35 heavy (non-hydrogen) atoms. The fourth-order valence-corrected chi connectivity index (χ4v) is 5.35. The van der Waals surface area contributed by atoms with Crippen LogP contribution in [-0.4, -0.2) is 64.1 Å². The Morgan fingerprint density at radius 1 is 1.23 bits per heavy atom. The second kappa shape index (κ2) is 9.23. The number of rotatable bonds is 6. The number of sulfonamides is 1. The van der Waals surface area contributed by atoms with Gasteiger partial charge in [0.05, 0.1) is 41.2 Å². The van der Waals surface area contributed by atoms with Gasteiger partial charge >= 0.3 is 0 Å². The molecule has 0 radical (unpaired) electrons. The molecule has 10 nitrogen and oxygen atoms in total. The summed E-state index contributed by atoms with van der Waals surface area (Å²) >= 11 is 0. The van der Waals surface area contributed by atoms with E-state index in [9.17, 15) is 13.2 Å². The summed E-state index contributed by atoms with van der Waals surface area (Å²) in [5.41, 5.74) is 3.10. The molecule has 11 heteroatoms. The molecule has 2 aliphatic rings. The van der Waals surface area contributed by atoms with Gasteiger partial charge in [-0.25, -0.2) is 13.6 Å². The zero-order valence-corrected chi connectivity index (χ0v) is 20.5. The van der Waals surface area contributed by atoms with Gasteiger partial charge in [0.1, 0.15) is 6.61 Å². The Hall–Kier alpha value is -2.99. The first-order valence-corrected chi connectivity index (χ1v) is 13.0.